The van der Waals surface area contributed by atoms with Gasteiger partial charge in [-0.3, -0.25) is 18.9 Å². The number of hydrogen-bond donors (Lipinski definition) is 2. The molecule has 1 aromatic heterocycles. The van der Waals surface area contributed by atoms with Gasteiger partial charge in [-0.25, -0.2) is 4.31 Å². The first-order valence-corrected chi connectivity index (χ1v) is 8.91. The number of nitrogens with two attached hydrogens (primary N) is 1. The monoisotopic (exact) mass is 369 g/mol. The van der Waals surface area contributed by atoms with Crippen LogP contribution in [0.2, 0.25) is 0 Å². The molecule has 0 unspecified atom stereocenters. The highest BCUT2D eigenvalue weighted by Gasteiger charge is 2.60. The molecule has 25 heavy (non-hydrogen) atoms. The number of nitrogens with zero attached hydrogens (tertiary/aromatic N) is 3. The highest BCUT2D eigenvalue weighted by atomic mass is 32.2. The molecule has 2 saturated heterocycles. The number of carbonyl (C=O) groups is 3. The molecule has 0 saturated carbocycles. The zero-order valence-corrected chi connectivity index (χ0v) is 14.1. The molecule has 2 aliphatic rings. The van der Waals surface area contributed by atoms with E-state index in [9.17, 15) is 22.8 Å². The van der Waals surface area contributed by atoms with Gasteiger partial charge in [-0.15, -0.1) is 0 Å². The highest BCUT2D eigenvalue weighted by Crippen LogP contribution is 2.35. The van der Waals surface area contributed by atoms with Gasteiger partial charge in [0.25, 0.3) is 17.7 Å². The molecule has 0 spiro atoms. The molecular formula is C14H17N4O6S+. The lowest BCUT2D eigenvalue weighted by atomic mass is 10.0. The number of amides is 3. The Balaban J connectivity index is 1.77. The predicted octanol–water partition coefficient (Wildman–Crippen LogP) is -2.00. The minimum absolute atomic E-state index is 0.116. The van der Waals surface area contributed by atoms with Gasteiger partial charge >= 0.3 is 10.3 Å². The molecule has 0 aliphatic carbocycles. The van der Waals surface area contributed by atoms with E-state index in [-0.39, 0.29) is 31.0 Å². The van der Waals surface area contributed by atoms with Crippen molar-refractivity contribution >= 4 is 28.0 Å². The summed E-state index contributed by atoms with van der Waals surface area (Å²) in [6, 6.07) is 1.59. The Morgan fingerprint density at radius 2 is 2.08 bits per heavy atom. The molecule has 2 fully saturated rings. The van der Waals surface area contributed by atoms with Crippen LogP contribution < -0.4 is 10.3 Å². The van der Waals surface area contributed by atoms with Crippen LogP contribution in [0.15, 0.2) is 18.3 Å². The first-order chi connectivity index (χ1) is 11.6. The summed E-state index contributed by atoms with van der Waals surface area (Å²) in [6.45, 7) is 1.84. The molecule has 1 aromatic rings. The molecular weight excluding hydrogens is 352 g/mol. The predicted molar refractivity (Wildman–Crippen MR) is 82.2 cm³/mol. The zero-order chi connectivity index (χ0) is 18.5. The molecule has 0 bridgehead atoms. The summed E-state index contributed by atoms with van der Waals surface area (Å²) in [6.07, 6.45) is 1.73. The fraction of sp³-hybridized carbons (Fsp3) is 0.429. The largest absolute Gasteiger partial charge is 0.365 e. The number of aryl methyl sites for hydroxylation is 1. The Morgan fingerprint density at radius 3 is 2.68 bits per heavy atom. The van der Waals surface area contributed by atoms with Crippen molar-refractivity contribution in [1.82, 2.24) is 9.21 Å². The lowest BCUT2D eigenvalue weighted by Gasteiger charge is -2.42. The molecule has 134 valence electrons. The van der Waals surface area contributed by atoms with Gasteiger partial charge in [-0.1, -0.05) is 0 Å². The second-order valence-electron chi connectivity index (χ2n) is 6.05. The summed E-state index contributed by atoms with van der Waals surface area (Å²) in [7, 11) is -4.61. The minimum atomic E-state index is -4.61. The number of aromatic nitrogens is 1. The van der Waals surface area contributed by atoms with Gasteiger partial charge in [0.1, 0.15) is 11.6 Å². The van der Waals surface area contributed by atoms with Gasteiger partial charge in [-0.05, 0) is 12.5 Å². The average Bonchev–Trinajstić information content (AvgIpc) is 2.86. The van der Waals surface area contributed by atoms with Crippen molar-refractivity contribution in [2.45, 2.75) is 32.0 Å². The lowest BCUT2D eigenvalue weighted by Crippen LogP contribution is -2.68. The number of primary amides is 1. The van der Waals surface area contributed by atoms with E-state index in [1.165, 1.54) is 11.1 Å². The van der Waals surface area contributed by atoms with Crippen LogP contribution in [0, 0.1) is 6.92 Å². The molecule has 10 nitrogen and oxygen atoms in total. The number of carbonyl (C=O) groups excluding carboxylic acids is 3. The van der Waals surface area contributed by atoms with Crippen LogP contribution in [0.3, 0.4) is 0 Å². The van der Waals surface area contributed by atoms with E-state index in [2.05, 4.69) is 0 Å². The van der Waals surface area contributed by atoms with E-state index in [4.69, 9.17) is 10.3 Å². The molecule has 3 heterocycles. The first kappa shape index (κ1) is 17.3. The summed E-state index contributed by atoms with van der Waals surface area (Å²) in [5.41, 5.74) is 6.19. The van der Waals surface area contributed by atoms with E-state index < -0.39 is 34.2 Å². The third kappa shape index (κ3) is 2.85. The van der Waals surface area contributed by atoms with Crippen LogP contribution in [0.25, 0.3) is 0 Å². The van der Waals surface area contributed by atoms with Crippen LogP contribution in [0.1, 0.15) is 22.5 Å². The normalized spacial score (nSPS) is 22.6. The molecule has 2 atom stereocenters. The summed E-state index contributed by atoms with van der Waals surface area (Å²) in [5.74, 6) is -1.82. The second kappa shape index (κ2) is 5.77. The SMILES string of the molecule is Cc1ccc(C(N)=O)c[n+]1CC(=O)N1CC[C@@H]2[C@H]1C(=O)N2S(=O)(=O)O. The molecule has 3 amide bonds. The maximum atomic E-state index is 12.5. The molecule has 3 rings (SSSR count). The van der Waals surface area contributed by atoms with Crippen molar-refractivity contribution in [1.29, 1.82) is 0 Å². The third-order valence-electron chi connectivity index (χ3n) is 4.55. The van der Waals surface area contributed by atoms with Crippen LogP contribution in [-0.2, 0) is 26.4 Å². The van der Waals surface area contributed by atoms with Crippen molar-refractivity contribution in [2.24, 2.45) is 5.73 Å². The molecule has 11 heteroatoms. The molecule has 0 aromatic carbocycles. The minimum Gasteiger partial charge on any atom is -0.365 e. The van der Waals surface area contributed by atoms with Crippen molar-refractivity contribution in [3.63, 3.8) is 0 Å². The van der Waals surface area contributed by atoms with Crippen molar-refractivity contribution in [3.8, 4) is 0 Å². The number of hydrogen-bond acceptors (Lipinski definition) is 5. The van der Waals surface area contributed by atoms with Crippen molar-refractivity contribution in [3.05, 3.63) is 29.6 Å². The summed E-state index contributed by atoms with van der Waals surface area (Å²) >= 11 is 0. The fourth-order valence-corrected chi connectivity index (χ4v) is 4.17. The summed E-state index contributed by atoms with van der Waals surface area (Å²) in [4.78, 5) is 37.1. The molecule has 0 radical (unpaired) electrons. The third-order valence-corrected chi connectivity index (χ3v) is 5.50. The Kier molecular flexibility index (Phi) is 4.00. The Hall–Kier alpha value is -2.53. The standard InChI is InChI=1S/C14H16N4O6S/c1-8-2-3-9(13(15)20)6-16(8)7-11(19)17-5-4-10-12(17)14(21)18(10)25(22,23)24/h2-3,6,10,12H,4-5,7H2,1H3,(H2-,15,20,22,23,24)/p+1/t10-,12+/m1/s1. The Labute approximate surface area is 143 Å². The van der Waals surface area contributed by atoms with Crippen molar-refractivity contribution in [2.75, 3.05) is 6.54 Å². The maximum Gasteiger partial charge on any atom is 0.362 e. The van der Waals surface area contributed by atoms with Gasteiger partial charge in [0.2, 0.25) is 6.54 Å². The number of rotatable bonds is 4. The van der Waals surface area contributed by atoms with Gasteiger partial charge in [0.05, 0.1) is 6.04 Å². The number of likely N-dealkylation sites (tertiary alicyclic amines) is 1. The first-order valence-electron chi connectivity index (χ1n) is 7.51. The van der Waals surface area contributed by atoms with E-state index in [0.717, 1.165) is 0 Å². The van der Waals surface area contributed by atoms with Crippen LogP contribution >= 0.6 is 0 Å². The van der Waals surface area contributed by atoms with E-state index in [0.29, 0.717) is 10.00 Å². The summed E-state index contributed by atoms with van der Waals surface area (Å²) in [5, 5.41) is 0. The zero-order valence-electron chi connectivity index (χ0n) is 13.3. The fourth-order valence-electron chi connectivity index (χ4n) is 3.27. The van der Waals surface area contributed by atoms with Gasteiger partial charge < -0.3 is 10.6 Å². The van der Waals surface area contributed by atoms with Gasteiger partial charge in [0, 0.05) is 19.5 Å². The summed E-state index contributed by atoms with van der Waals surface area (Å²) < 4.78 is 33.4. The quantitative estimate of drug-likeness (QED) is 0.357. The van der Waals surface area contributed by atoms with Crippen LogP contribution in [0.5, 0.6) is 0 Å². The van der Waals surface area contributed by atoms with Gasteiger partial charge in [-0.2, -0.15) is 13.0 Å². The number of β-lactam (4-membered cyclic amide) rings is 1. The number of fused-ring (bicyclic) bond motifs is 1. The second-order valence-corrected chi connectivity index (χ2v) is 7.34. The lowest BCUT2D eigenvalue weighted by molar-refractivity contribution is -0.691. The molecule has 2 aliphatic heterocycles. The van der Waals surface area contributed by atoms with Crippen LogP contribution in [-0.4, -0.2) is 58.5 Å². The van der Waals surface area contributed by atoms with E-state index >= 15 is 0 Å². The van der Waals surface area contributed by atoms with Gasteiger partial charge in [0.15, 0.2) is 11.9 Å². The van der Waals surface area contributed by atoms with Crippen molar-refractivity contribution < 1.29 is 31.9 Å². The molecule has 3 N–H and O–H groups in total. The van der Waals surface area contributed by atoms with E-state index in [1.807, 2.05) is 0 Å². The number of pyridine rings is 1. The Bertz CT molecular complexity index is 883. The smallest absolute Gasteiger partial charge is 0.362 e. The average molecular weight is 369 g/mol. The highest BCUT2D eigenvalue weighted by molar-refractivity contribution is 7.84. The van der Waals surface area contributed by atoms with Crippen LogP contribution in [0.4, 0.5) is 0 Å². The topological polar surface area (TPSA) is 142 Å². The maximum absolute atomic E-state index is 12.5. The van der Waals surface area contributed by atoms with E-state index in [1.54, 1.807) is 23.6 Å². The Morgan fingerprint density at radius 1 is 1.40 bits per heavy atom.